The highest BCUT2D eigenvalue weighted by atomic mass is 79.9. The van der Waals surface area contributed by atoms with E-state index in [-0.39, 0.29) is 6.10 Å². The van der Waals surface area contributed by atoms with Gasteiger partial charge in [-0.05, 0) is 49.2 Å². The fourth-order valence-electron chi connectivity index (χ4n) is 2.60. The Morgan fingerprint density at radius 1 is 1.20 bits per heavy atom. The maximum Gasteiger partial charge on any atom is 0.357 e. The largest absolute Gasteiger partial charge is 0.368 e. The minimum Gasteiger partial charge on any atom is -0.368 e. The van der Waals surface area contributed by atoms with Crippen LogP contribution in [0.3, 0.4) is 0 Å². The molecule has 0 radical (unpaired) electrons. The second-order valence-corrected chi connectivity index (χ2v) is 9.69. The molecule has 0 bridgehead atoms. The van der Waals surface area contributed by atoms with Crippen molar-refractivity contribution in [3.05, 3.63) is 62.5 Å². The third-order valence-corrected chi connectivity index (χ3v) is 7.01. The second-order valence-electron chi connectivity index (χ2n) is 5.83. The highest BCUT2D eigenvalue weighted by molar-refractivity contribution is 9.10. The van der Waals surface area contributed by atoms with Crippen molar-refractivity contribution in [2.75, 3.05) is 11.9 Å². The summed E-state index contributed by atoms with van der Waals surface area (Å²) < 4.78 is 25.7. The van der Waals surface area contributed by atoms with Crippen molar-refractivity contribution >= 4 is 52.4 Å². The molecule has 1 aliphatic rings. The SMILES string of the molecule is C[C@@H]1CCO[P@](=O)([C@@H](Nc2cc(Cl)cc(Cl)c2)c2ccc(Br)cc2)O1. The van der Waals surface area contributed by atoms with E-state index in [9.17, 15) is 4.57 Å². The van der Waals surface area contributed by atoms with Gasteiger partial charge in [-0.15, -0.1) is 0 Å². The highest BCUT2D eigenvalue weighted by Crippen LogP contribution is 2.63. The molecule has 0 aliphatic carbocycles. The standard InChI is InChI=1S/C17H17BrCl2NO3P/c1-11-6-7-23-25(22,24-11)17(12-2-4-13(18)5-3-12)21-16-9-14(19)8-15(20)10-16/h2-5,8-11,17,21H,6-7H2,1H3/t11-,17-,25-/m1/s1. The molecular weight excluding hydrogens is 448 g/mol. The Morgan fingerprint density at radius 2 is 1.84 bits per heavy atom. The van der Waals surface area contributed by atoms with E-state index < -0.39 is 13.4 Å². The first-order chi connectivity index (χ1) is 11.9. The average molecular weight is 465 g/mol. The number of anilines is 1. The number of hydrogen-bond donors (Lipinski definition) is 1. The first kappa shape index (κ1) is 19.2. The third kappa shape index (κ3) is 4.79. The van der Waals surface area contributed by atoms with Crippen LogP contribution in [0.5, 0.6) is 0 Å². The topological polar surface area (TPSA) is 47.6 Å². The number of hydrogen-bond acceptors (Lipinski definition) is 4. The van der Waals surface area contributed by atoms with Crippen molar-refractivity contribution in [1.29, 1.82) is 0 Å². The number of rotatable bonds is 4. The quantitative estimate of drug-likeness (QED) is 0.500. The molecule has 0 saturated carbocycles. The zero-order chi connectivity index (χ0) is 18.0. The smallest absolute Gasteiger partial charge is 0.357 e. The molecule has 25 heavy (non-hydrogen) atoms. The van der Waals surface area contributed by atoms with Gasteiger partial charge in [0.15, 0.2) is 5.78 Å². The molecule has 1 saturated heterocycles. The molecule has 1 aliphatic heterocycles. The zero-order valence-electron chi connectivity index (χ0n) is 13.4. The van der Waals surface area contributed by atoms with Crippen molar-refractivity contribution < 1.29 is 13.6 Å². The lowest BCUT2D eigenvalue weighted by Crippen LogP contribution is -2.23. The Bertz CT molecular complexity index is 783. The molecule has 0 amide bonds. The van der Waals surface area contributed by atoms with Gasteiger partial charge in [-0.2, -0.15) is 0 Å². The maximum atomic E-state index is 13.4. The van der Waals surface area contributed by atoms with E-state index in [0.29, 0.717) is 28.8 Å². The summed E-state index contributed by atoms with van der Waals surface area (Å²) in [6.45, 7) is 2.29. The Labute approximate surface area is 165 Å². The molecule has 1 fully saturated rings. The van der Waals surface area contributed by atoms with E-state index >= 15 is 0 Å². The van der Waals surface area contributed by atoms with Crippen molar-refractivity contribution in [2.45, 2.75) is 25.2 Å². The van der Waals surface area contributed by atoms with E-state index in [2.05, 4.69) is 21.2 Å². The summed E-state index contributed by atoms with van der Waals surface area (Å²) in [5.41, 5.74) is 1.43. The first-order valence-electron chi connectivity index (χ1n) is 7.76. The van der Waals surface area contributed by atoms with Crippen molar-refractivity contribution in [3.8, 4) is 0 Å². The normalized spacial score (nSPS) is 24.7. The van der Waals surface area contributed by atoms with Crippen LogP contribution in [0.4, 0.5) is 5.69 Å². The fourth-order valence-corrected chi connectivity index (χ4v) is 5.53. The lowest BCUT2D eigenvalue weighted by atomic mass is 10.2. The van der Waals surface area contributed by atoms with Gasteiger partial charge >= 0.3 is 7.60 Å². The molecule has 0 aromatic heterocycles. The molecular formula is C17H17BrCl2NO3P. The fraction of sp³-hybridized carbons (Fsp3) is 0.294. The first-order valence-corrected chi connectivity index (χ1v) is 10.9. The van der Waals surface area contributed by atoms with Crippen LogP contribution in [-0.4, -0.2) is 12.7 Å². The summed E-state index contributed by atoms with van der Waals surface area (Å²) in [6, 6.07) is 12.6. The van der Waals surface area contributed by atoms with Crippen molar-refractivity contribution in [2.24, 2.45) is 0 Å². The summed E-state index contributed by atoms with van der Waals surface area (Å²) in [7, 11) is -3.43. The summed E-state index contributed by atoms with van der Waals surface area (Å²) >= 11 is 15.6. The molecule has 1 heterocycles. The summed E-state index contributed by atoms with van der Waals surface area (Å²) in [5, 5.41) is 4.21. The van der Waals surface area contributed by atoms with Crippen molar-refractivity contribution in [1.82, 2.24) is 0 Å². The van der Waals surface area contributed by atoms with Gasteiger partial charge in [0, 0.05) is 20.2 Å². The van der Waals surface area contributed by atoms with Gasteiger partial charge in [-0.3, -0.25) is 4.57 Å². The molecule has 3 rings (SSSR count). The van der Waals surface area contributed by atoms with Gasteiger partial charge < -0.3 is 14.4 Å². The van der Waals surface area contributed by atoms with Gasteiger partial charge in [0.2, 0.25) is 0 Å². The van der Waals surface area contributed by atoms with E-state index in [1.165, 1.54) is 0 Å². The highest BCUT2D eigenvalue weighted by Gasteiger charge is 2.41. The van der Waals surface area contributed by atoms with Gasteiger partial charge in [0.25, 0.3) is 0 Å². The van der Waals surface area contributed by atoms with E-state index in [1.54, 1.807) is 18.2 Å². The van der Waals surface area contributed by atoms with Crippen molar-refractivity contribution in [3.63, 3.8) is 0 Å². The summed E-state index contributed by atoms with van der Waals surface area (Å²) in [6.07, 6.45) is 0.572. The minimum absolute atomic E-state index is 0.137. The van der Waals surface area contributed by atoms with Gasteiger partial charge in [-0.25, -0.2) is 0 Å². The van der Waals surface area contributed by atoms with Crippen LogP contribution in [0.2, 0.25) is 10.0 Å². The number of nitrogens with one attached hydrogen (secondary N) is 1. The van der Waals surface area contributed by atoms with E-state index in [0.717, 1.165) is 10.0 Å². The van der Waals surface area contributed by atoms with E-state index in [1.807, 2.05) is 31.2 Å². The molecule has 4 nitrogen and oxygen atoms in total. The average Bonchev–Trinajstić information content (AvgIpc) is 2.52. The third-order valence-electron chi connectivity index (χ3n) is 3.79. The van der Waals surface area contributed by atoms with Gasteiger partial charge in [-0.1, -0.05) is 51.3 Å². The maximum absolute atomic E-state index is 13.4. The molecule has 2 aromatic rings. The lowest BCUT2D eigenvalue weighted by Gasteiger charge is -2.34. The Morgan fingerprint density at radius 3 is 2.44 bits per heavy atom. The van der Waals surface area contributed by atoms with Crippen LogP contribution in [0.15, 0.2) is 46.9 Å². The number of benzene rings is 2. The predicted octanol–water partition coefficient (Wildman–Crippen LogP) is 6.89. The van der Waals surface area contributed by atoms with Crippen LogP contribution in [-0.2, 0) is 13.6 Å². The molecule has 0 spiro atoms. The molecule has 0 unspecified atom stereocenters. The molecule has 8 heteroatoms. The minimum atomic E-state index is -3.43. The molecule has 1 N–H and O–H groups in total. The second kappa shape index (κ2) is 7.99. The van der Waals surface area contributed by atoms with Crippen LogP contribution < -0.4 is 5.32 Å². The molecule has 134 valence electrons. The Kier molecular flexibility index (Phi) is 6.15. The van der Waals surface area contributed by atoms with Crippen LogP contribution in [0.25, 0.3) is 0 Å². The molecule has 2 aromatic carbocycles. The monoisotopic (exact) mass is 463 g/mol. The molecule has 3 atom stereocenters. The Hall–Kier alpha value is -0.550. The van der Waals surface area contributed by atoms with Crippen LogP contribution in [0.1, 0.15) is 24.7 Å². The lowest BCUT2D eigenvalue weighted by molar-refractivity contribution is 0.0887. The zero-order valence-corrected chi connectivity index (χ0v) is 17.4. The van der Waals surface area contributed by atoms with Gasteiger partial charge in [0.1, 0.15) is 0 Å². The van der Waals surface area contributed by atoms with Gasteiger partial charge in [0.05, 0.1) is 12.7 Å². The van der Waals surface area contributed by atoms with Crippen LogP contribution >= 0.6 is 46.7 Å². The Balaban J connectivity index is 1.99. The van der Waals surface area contributed by atoms with E-state index in [4.69, 9.17) is 32.2 Å². The summed E-state index contributed by atoms with van der Waals surface area (Å²) in [5.74, 6) is -0.669. The van der Waals surface area contributed by atoms with Crippen LogP contribution in [0, 0.1) is 0 Å². The summed E-state index contributed by atoms with van der Waals surface area (Å²) in [4.78, 5) is 0. The number of halogens is 3. The predicted molar refractivity (Wildman–Crippen MR) is 106 cm³/mol.